The first kappa shape index (κ1) is 13.0. The van der Waals surface area contributed by atoms with Crippen LogP contribution in [0.5, 0.6) is 0 Å². The second-order valence-electron chi connectivity index (χ2n) is 6.22. The third kappa shape index (κ3) is 3.22. The van der Waals surface area contributed by atoms with Gasteiger partial charge < -0.3 is 4.84 Å². The van der Waals surface area contributed by atoms with Gasteiger partial charge in [-0.05, 0) is 32.6 Å². The molecule has 0 aliphatic carbocycles. The van der Waals surface area contributed by atoms with Crippen LogP contribution >= 0.6 is 0 Å². The van der Waals surface area contributed by atoms with E-state index in [1.165, 1.54) is 5.06 Å². The standard InChI is InChI=1S/C12H21NO3/c1-11(2,3)10(15)16-13-7-6-12(4,5)8-9(13)14/h6-8H2,1-5H3. The number of nitrogens with zero attached hydrogens (tertiary/aromatic N) is 1. The van der Waals surface area contributed by atoms with Gasteiger partial charge in [0.15, 0.2) is 0 Å². The van der Waals surface area contributed by atoms with Crippen molar-refractivity contribution in [1.82, 2.24) is 5.06 Å². The Morgan fingerprint density at radius 1 is 1.38 bits per heavy atom. The lowest BCUT2D eigenvalue weighted by Crippen LogP contribution is -2.44. The summed E-state index contributed by atoms with van der Waals surface area (Å²) < 4.78 is 0. The highest BCUT2D eigenvalue weighted by atomic mass is 16.7. The molecule has 0 N–H and O–H groups in total. The highest BCUT2D eigenvalue weighted by molar-refractivity contribution is 5.81. The summed E-state index contributed by atoms with van der Waals surface area (Å²) in [7, 11) is 0. The number of hydroxylamine groups is 2. The molecular formula is C12H21NO3. The molecule has 0 aromatic rings. The van der Waals surface area contributed by atoms with Crippen LogP contribution in [0.2, 0.25) is 0 Å². The van der Waals surface area contributed by atoms with Gasteiger partial charge in [-0.3, -0.25) is 4.79 Å². The summed E-state index contributed by atoms with van der Waals surface area (Å²) in [4.78, 5) is 28.5. The van der Waals surface area contributed by atoms with Crippen molar-refractivity contribution in [3.63, 3.8) is 0 Å². The summed E-state index contributed by atoms with van der Waals surface area (Å²) >= 11 is 0. The molecule has 92 valence electrons. The number of carbonyl (C=O) groups is 2. The van der Waals surface area contributed by atoms with Crippen molar-refractivity contribution in [2.75, 3.05) is 6.54 Å². The van der Waals surface area contributed by atoms with Gasteiger partial charge in [0.25, 0.3) is 5.91 Å². The lowest BCUT2D eigenvalue weighted by atomic mass is 9.83. The Balaban J connectivity index is 2.58. The van der Waals surface area contributed by atoms with Crippen molar-refractivity contribution < 1.29 is 14.4 Å². The van der Waals surface area contributed by atoms with E-state index in [2.05, 4.69) is 0 Å². The molecule has 0 unspecified atom stereocenters. The minimum atomic E-state index is -0.576. The van der Waals surface area contributed by atoms with Crippen molar-refractivity contribution in [1.29, 1.82) is 0 Å². The molecule has 1 amide bonds. The van der Waals surface area contributed by atoms with E-state index in [1.54, 1.807) is 20.8 Å². The fourth-order valence-corrected chi connectivity index (χ4v) is 1.45. The van der Waals surface area contributed by atoms with E-state index >= 15 is 0 Å². The van der Waals surface area contributed by atoms with E-state index in [4.69, 9.17) is 4.84 Å². The topological polar surface area (TPSA) is 46.6 Å². The summed E-state index contributed by atoms with van der Waals surface area (Å²) in [5.74, 6) is -0.464. The van der Waals surface area contributed by atoms with Crippen molar-refractivity contribution >= 4 is 11.9 Å². The molecule has 0 saturated carbocycles. The zero-order chi connectivity index (χ0) is 12.6. The fraction of sp³-hybridized carbons (Fsp3) is 0.833. The lowest BCUT2D eigenvalue weighted by Gasteiger charge is -2.35. The summed E-state index contributed by atoms with van der Waals surface area (Å²) in [6.07, 6.45) is 1.29. The number of rotatable bonds is 1. The molecule has 4 nitrogen and oxygen atoms in total. The van der Waals surface area contributed by atoms with Gasteiger partial charge in [0, 0.05) is 6.42 Å². The maximum atomic E-state index is 11.7. The monoisotopic (exact) mass is 227 g/mol. The Kier molecular flexibility index (Phi) is 3.31. The second kappa shape index (κ2) is 4.07. The number of hydrogen-bond acceptors (Lipinski definition) is 3. The van der Waals surface area contributed by atoms with Crippen LogP contribution in [-0.2, 0) is 14.4 Å². The Labute approximate surface area is 96.9 Å². The summed E-state index contributed by atoms with van der Waals surface area (Å²) in [5.41, 5.74) is -0.561. The number of hydrogen-bond donors (Lipinski definition) is 0. The van der Waals surface area contributed by atoms with Crippen LogP contribution in [-0.4, -0.2) is 23.5 Å². The van der Waals surface area contributed by atoms with Crippen molar-refractivity contribution in [2.24, 2.45) is 10.8 Å². The minimum absolute atomic E-state index is 0.0156. The molecule has 0 spiro atoms. The normalized spacial score (nSPS) is 20.8. The third-order valence-electron chi connectivity index (χ3n) is 2.71. The molecule has 0 aromatic heterocycles. The van der Waals surface area contributed by atoms with Crippen LogP contribution in [0.4, 0.5) is 0 Å². The van der Waals surface area contributed by atoms with E-state index in [0.717, 1.165) is 6.42 Å². The molecule has 0 bridgehead atoms. The van der Waals surface area contributed by atoms with Crippen molar-refractivity contribution in [3.05, 3.63) is 0 Å². The van der Waals surface area contributed by atoms with Gasteiger partial charge in [-0.1, -0.05) is 13.8 Å². The first-order chi connectivity index (χ1) is 7.12. The fourth-order valence-electron chi connectivity index (χ4n) is 1.45. The summed E-state index contributed by atoms with van der Waals surface area (Å²) in [6, 6.07) is 0. The number of carbonyl (C=O) groups excluding carboxylic acids is 2. The minimum Gasteiger partial charge on any atom is -0.338 e. The average Bonchev–Trinajstić information content (AvgIpc) is 2.07. The zero-order valence-corrected chi connectivity index (χ0v) is 10.8. The smallest absolute Gasteiger partial charge is 0.337 e. The highest BCUT2D eigenvalue weighted by Crippen LogP contribution is 2.31. The molecule has 1 aliphatic rings. The quantitative estimate of drug-likeness (QED) is 0.689. The molecule has 1 saturated heterocycles. The van der Waals surface area contributed by atoms with Gasteiger partial charge in [0.05, 0.1) is 12.0 Å². The maximum Gasteiger partial charge on any atom is 0.337 e. The molecule has 0 aromatic carbocycles. The van der Waals surface area contributed by atoms with Crippen LogP contribution < -0.4 is 0 Å². The van der Waals surface area contributed by atoms with Gasteiger partial charge in [0.1, 0.15) is 0 Å². The van der Waals surface area contributed by atoms with E-state index < -0.39 is 5.41 Å². The van der Waals surface area contributed by atoms with Gasteiger partial charge >= 0.3 is 5.97 Å². The Morgan fingerprint density at radius 2 is 1.94 bits per heavy atom. The van der Waals surface area contributed by atoms with Crippen molar-refractivity contribution in [2.45, 2.75) is 47.5 Å². The van der Waals surface area contributed by atoms with E-state index in [9.17, 15) is 9.59 Å². The lowest BCUT2D eigenvalue weighted by molar-refractivity contribution is -0.212. The first-order valence-corrected chi connectivity index (χ1v) is 5.65. The van der Waals surface area contributed by atoms with E-state index in [1.807, 2.05) is 13.8 Å². The predicted molar refractivity (Wildman–Crippen MR) is 60.3 cm³/mol. The molecule has 16 heavy (non-hydrogen) atoms. The van der Waals surface area contributed by atoms with Crippen LogP contribution in [0.15, 0.2) is 0 Å². The van der Waals surface area contributed by atoms with Crippen molar-refractivity contribution in [3.8, 4) is 0 Å². The van der Waals surface area contributed by atoms with E-state index in [-0.39, 0.29) is 17.3 Å². The van der Waals surface area contributed by atoms with Crippen LogP contribution in [0.3, 0.4) is 0 Å². The Bertz CT molecular complexity index is 302. The molecule has 1 heterocycles. The predicted octanol–water partition coefficient (Wildman–Crippen LogP) is 2.14. The molecule has 0 radical (unpaired) electrons. The first-order valence-electron chi connectivity index (χ1n) is 5.65. The maximum absolute atomic E-state index is 11.7. The van der Waals surface area contributed by atoms with Gasteiger partial charge in [0.2, 0.25) is 0 Å². The largest absolute Gasteiger partial charge is 0.338 e. The van der Waals surface area contributed by atoms with Crippen LogP contribution in [0.1, 0.15) is 47.5 Å². The zero-order valence-electron chi connectivity index (χ0n) is 10.8. The number of amides is 1. The van der Waals surface area contributed by atoms with E-state index in [0.29, 0.717) is 13.0 Å². The summed E-state index contributed by atoms with van der Waals surface area (Å²) in [6.45, 7) is 9.91. The van der Waals surface area contributed by atoms with Gasteiger partial charge in [-0.25, -0.2) is 4.79 Å². The summed E-state index contributed by atoms with van der Waals surface area (Å²) in [5, 5.41) is 1.21. The third-order valence-corrected chi connectivity index (χ3v) is 2.71. The molecule has 1 fully saturated rings. The Morgan fingerprint density at radius 3 is 2.38 bits per heavy atom. The second-order valence-corrected chi connectivity index (χ2v) is 6.22. The SMILES string of the molecule is CC1(C)CCN(OC(=O)C(C)(C)C)C(=O)C1. The highest BCUT2D eigenvalue weighted by Gasteiger charge is 2.35. The number of piperidine rings is 1. The Hall–Kier alpha value is -1.06. The van der Waals surface area contributed by atoms with Gasteiger partial charge in [-0.2, -0.15) is 5.06 Å². The van der Waals surface area contributed by atoms with Crippen LogP contribution in [0, 0.1) is 10.8 Å². The molecule has 4 heteroatoms. The molecule has 0 atom stereocenters. The average molecular weight is 227 g/mol. The molecular weight excluding hydrogens is 206 g/mol. The van der Waals surface area contributed by atoms with Crippen LogP contribution in [0.25, 0.3) is 0 Å². The van der Waals surface area contributed by atoms with Gasteiger partial charge in [-0.15, -0.1) is 0 Å². The molecule has 1 rings (SSSR count). The molecule has 1 aliphatic heterocycles.